The molecule has 24 heavy (non-hydrogen) atoms. The van der Waals surface area contributed by atoms with Gasteiger partial charge in [-0.2, -0.15) is 0 Å². The van der Waals surface area contributed by atoms with Gasteiger partial charge in [0.1, 0.15) is 0 Å². The highest BCUT2D eigenvalue weighted by atomic mass is 32.2. The van der Waals surface area contributed by atoms with Crippen molar-refractivity contribution in [1.82, 2.24) is 4.90 Å². The summed E-state index contributed by atoms with van der Waals surface area (Å²) in [6.07, 6.45) is -0.748. The quantitative estimate of drug-likeness (QED) is 0.894. The van der Waals surface area contributed by atoms with Crippen molar-refractivity contribution in [1.29, 1.82) is 0 Å². The molecular weight excluding hydrogens is 328 g/mol. The lowest BCUT2D eigenvalue weighted by Crippen LogP contribution is -2.45. The first-order valence-corrected chi connectivity index (χ1v) is 9.54. The first-order valence-electron chi connectivity index (χ1n) is 8.10. The topological polar surface area (TPSA) is 70.1 Å². The Kier molecular flexibility index (Phi) is 3.96. The zero-order valence-electron chi connectivity index (χ0n) is 13.3. The molecule has 2 aliphatic heterocycles. The largest absolute Gasteiger partial charge is 0.390 e. The highest BCUT2D eigenvalue weighted by molar-refractivity contribution is 7.93. The van der Waals surface area contributed by atoms with E-state index in [0.29, 0.717) is 30.3 Å². The maximum Gasteiger partial charge on any atom is 0.265 e. The average Bonchev–Trinajstić information content (AvgIpc) is 2.79. The second-order valence-corrected chi connectivity index (χ2v) is 8.07. The maximum atomic E-state index is 12.9. The van der Waals surface area contributed by atoms with Crippen molar-refractivity contribution in [3.63, 3.8) is 0 Å². The molecule has 128 valence electrons. The van der Waals surface area contributed by atoms with E-state index >= 15 is 0 Å². The second kappa shape index (κ2) is 6.00. The lowest BCUT2D eigenvalue weighted by molar-refractivity contribution is 0.0166. The van der Waals surface area contributed by atoms with E-state index in [9.17, 15) is 13.5 Å². The Balaban J connectivity index is 1.61. The fourth-order valence-electron chi connectivity index (χ4n) is 3.49. The number of aliphatic hydroxyl groups is 1. The molecule has 0 unspecified atom stereocenters. The van der Waals surface area contributed by atoms with E-state index in [0.717, 1.165) is 23.9 Å². The van der Waals surface area contributed by atoms with Crippen LogP contribution in [0.15, 0.2) is 41.3 Å². The summed E-state index contributed by atoms with van der Waals surface area (Å²) < 4.78 is 32.4. The standard InChI is InChI=1S/C17H20N2O4S/c20-14(11-18-7-9-23-10-8-18)12-19-15-5-1-3-13-4-2-6-16(17(13)15)24(19,21)22/h1-6,14,20H,7-12H2/t14-/m1/s1. The van der Waals surface area contributed by atoms with Gasteiger partial charge in [-0.05, 0) is 17.5 Å². The van der Waals surface area contributed by atoms with Gasteiger partial charge < -0.3 is 9.84 Å². The molecule has 0 saturated carbocycles. The molecule has 1 saturated heterocycles. The van der Waals surface area contributed by atoms with Gasteiger partial charge in [-0.25, -0.2) is 8.42 Å². The number of anilines is 1. The minimum absolute atomic E-state index is 0.0630. The number of ether oxygens (including phenoxy) is 1. The smallest absolute Gasteiger partial charge is 0.265 e. The molecule has 0 bridgehead atoms. The molecule has 6 nitrogen and oxygen atoms in total. The first-order chi connectivity index (χ1) is 11.6. The predicted molar refractivity (Wildman–Crippen MR) is 91.7 cm³/mol. The van der Waals surface area contributed by atoms with Crippen LogP contribution in [0, 0.1) is 0 Å². The van der Waals surface area contributed by atoms with Gasteiger partial charge >= 0.3 is 0 Å². The summed E-state index contributed by atoms with van der Waals surface area (Å²) in [6.45, 7) is 3.34. The zero-order chi connectivity index (χ0) is 16.7. The Morgan fingerprint density at radius 1 is 1.08 bits per heavy atom. The number of morpholine rings is 1. The minimum atomic E-state index is -3.60. The number of β-amino-alcohol motifs (C(OH)–C–C–N with tert-alkyl or cyclic N) is 1. The van der Waals surface area contributed by atoms with Gasteiger partial charge in [0.15, 0.2) is 0 Å². The molecule has 0 radical (unpaired) electrons. The second-order valence-electron chi connectivity index (χ2n) is 6.23. The number of sulfonamides is 1. The lowest BCUT2D eigenvalue weighted by atomic mass is 10.1. The molecule has 2 aliphatic rings. The summed E-state index contributed by atoms with van der Waals surface area (Å²) in [7, 11) is -3.60. The molecule has 0 aliphatic carbocycles. The van der Waals surface area contributed by atoms with E-state index in [4.69, 9.17) is 4.74 Å². The van der Waals surface area contributed by atoms with Gasteiger partial charge in [0, 0.05) is 25.0 Å². The van der Waals surface area contributed by atoms with Crippen molar-refractivity contribution in [3.05, 3.63) is 36.4 Å². The molecule has 1 N–H and O–H groups in total. The number of hydrogen-bond acceptors (Lipinski definition) is 5. The van der Waals surface area contributed by atoms with Gasteiger partial charge in [-0.3, -0.25) is 9.21 Å². The summed E-state index contributed by atoms with van der Waals surface area (Å²) in [4.78, 5) is 2.43. The van der Waals surface area contributed by atoms with Crippen LogP contribution in [-0.2, 0) is 14.8 Å². The third kappa shape index (κ3) is 2.57. The molecule has 2 heterocycles. The predicted octanol–water partition coefficient (Wildman–Crippen LogP) is 1.04. The Morgan fingerprint density at radius 2 is 1.79 bits per heavy atom. The molecule has 2 aromatic rings. The summed E-state index contributed by atoms with van der Waals surface area (Å²) >= 11 is 0. The van der Waals surface area contributed by atoms with Gasteiger partial charge in [-0.15, -0.1) is 0 Å². The molecule has 1 atom stereocenters. The van der Waals surface area contributed by atoms with E-state index in [1.54, 1.807) is 18.2 Å². The number of benzene rings is 2. The fourth-order valence-corrected chi connectivity index (χ4v) is 5.23. The number of rotatable bonds is 4. The summed E-state index contributed by atoms with van der Waals surface area (Å²) in [5, 5.41) is 12.1. The summed E-state index contributed by atoms with van der Waals surface area (Å²) in [6, 6.07) is 10.9. The van der Waals surface area contributed by atoms with Gasteiger partial charge in [0.05, 0.1) is 36.4 Å². The van der Waals surface area contributed by atoms with Crippen LogP contribution in [0.1, 0.15) is 0 Å². The molecule has 2 aromatic carbocycles. The Hall–Kier alpha value is -1.67. The van der Waals surface area contributed by atoms with E-state index in [1.165, 1.54) is 4.31 Å². The average molecular weight is 348 g/mol. The van der Waals surface area contributed by atoms with Crippen LogP contribution in [-0.4, -0.2) is 63.9 Å². The van der Waals surface area contributed by atoms with Crippen molar-refractivity contribution in [3.8, 4) is 0 Å². The van der Waals surface area contributed by atoms with Crippen LogP contribution < -0.4 is 4.31 Å². The Morgan fingerprint density at radius 3 is 2.54 bits per heavy atom. The highest BCUT2D eigenvalue weighted by Gasteiger charge is 2.36. The summed E-state index contributed by atoms with van der Waals surface area (Å²) in [5.41, 5.74) is 0.657. The third-order valence-corrected chi connectivity index (χ3v) is 6.45. The van der Waals surface area contributed by atoms with Crippen molar-refractivity contribution >= 4 is 26.5 Å². The van der Waals surface area contributed by atoms with E-state index in [-0.39, 0.29) is 6.54 Å². The van der Waals surface area contributed by atoms with Gasteiger partial charge in [-0.1, -0.05) is 24.3 Å². The molecule has 0 spiro atoms. The molecular formula is C17H20N2O4S. The highest BCUT2D eigenvalue weighted by Crippen LogP contribution is 2.41. The van der Waals surface area contributed by atoms with Crippen LogP contribution in [0.5, 0.6) is 0 Å². The Bertz CT molecular complexity index is 857. The first kappa shape index (κ1) is 15.8. The number of aliphatic hydroxyl groups excluding tert-OH is 1. The SMILES string of the molecule is O=S1(=O)c2cccc3cccc(c23)N1C[C@H](O)CN1CCOCC1. The molecule has 1 fully saturated rings. The maximum absolute atomic E-state index is 12.9. The molecule has 0 amide bonds. The van der Waals surface area contributed by atoms with E-state index in [1.807, 2.05) is 18.2 Å². The minimum Gasteiger partial charge on any atom is -0.390 e. The normalized spacial score (nSPS) is 21.3. The zero-order valence-corrected chi connectivity index (χ0v) is 14.1. The van der Waals surface area contributed by atoms with Gasteiger partial charge in [0.2, 0.25) is 0 Å². The van der Waals surface area contributed by atoms with Crippen LogP contribution >= 0.6 is 0 Å². The summed E-state index contributed by atoms with van der Waals surface area (Å²) in [5.74, 6) is 0. The van der Waals surface area contributed by atoms with E-state index in [2.05, 4.69) is 4.90 Å². The van der Waals surface area contributed by atoms with Crippen LogP contribution in [0.3, 0.4) is 0 Å². The number of nitrogens with zero attached hydrogens (tertiary/aromatic N) is 2. The van der Waals surface area contributed by atoms with Crippen molar-refractivity contribution < 1.29 is 18.3 Å². The monoisotopic (exact) mass is 348 g/mol. The number of hydrogen-bond donors (Lipinski definition) is 1. The lowest BCUT2D eigenvalue weighted by Gasteiger charge is -2.30. The van der Waals surface area contributed by atoms with Crippen molar-refractivity contribution in [2.24, 2.45) is 0 Å². The van der Waals surface area contributed by atoms with E-state index < -0.39 is 16.1 Å². The fraction of sp³-hybridized carbons (Fsp3) is 0.412. The molecule has 7 heteroatoms. The Labute approximate surface area is 141 Å². The molecule has 4 rings (SSSR count). The van der Waals surface area contributed by atoms with Crippen LogP contribution in [0.25, 0.3) is 10.8 Å². The third-order valence-electron chi connectivity index (χ3n) is 4.63. The molecule has 0 aromatic heterocycles. The van der Waals surface area contributed by atoms with Crippen LogP contribution in [0.4, 0.5) is 5.69 Å². The van der Waals surface area contributed by atoms with Gasteiger partial charge in [0.25, 0.3) is 10.0 Å². The van der Waals surface area contributed by atoms with Crippen molar-refractivity contribution in [2.75, 3.05) is 43.7 Å². The van der Waals surface area contributed by atoms with Crippen LogP contribution in [0.2, 0.25) is 0 Å². The van der Waals surface area contributed by atoms with Crippen molar-refractivity contribution in [2.45, 2.75) is 11.0 Å².